The third-order valence-electron chi connectivity index (χ3n) is 7.02. The number of hydrogen-bond acceptors (Lipinski definition) is 2. The molecule has 1 amide bonds. The summed E-state index contributed by atoms with van der Waals surface area (Å²) in [5, 5.41) is 0. The van der Waals surface area contributed by atoms with Crippen LogP contribution in [0.5, 0.6) is 0 Å². The Kier molecular flexibility index (Phi) is 4.20. The minimum Gasteiger partial charge on any atom is -0.445 e. The summed E-state index contributed by atoms with van der Waals surface area (Å²) in [5.41, 5.74) is 4.35. The number of carbonyl (C=O) groups excluding carboxylic acids is 1. The molecule has 1 heterocycles. The van der Waals surface area contributed by atoms with Gasteiger partial charge >= 0.3 is 6.09 Å². The van der Waals surface area contributed by atoms with Crippen LogP contribution in [0.15, 0.2) is 84.9 Å². The second-order valence-corrected chi connectivity index (χ2v) is 8.30. The standard InChI is InChI=1S/C26H25NO2/c1-25-23-15-9-8-12-21(23)18-26(25,22-13-6-3-7-14-22)16-17-27(25)24(28)29-19-20-10-4-2-5-11-20/h2-15H,16-19H2,1H3/t25-,26+/m0/s1. The van der Waals surface area contributed by atoms with Crippen LogP contribution in [-0.4, -0.2) is 17.5 Å². The maximum atomic E-state index is 13.3. The second kappa shape index (κ2) is 6.77. The summed E-state index contributed by atoms with van der Waals surface area (Å²) in [5.74, 6) is 0. The lowest BCUT2D eigenvalue weighted by molar-refractivity contribution is 0.0557. The summed E-state index contributed by atoms with van der Waals surface area (Å²) in [6.45, 7) is 3.22. The SMILES string of the molecule is C[C@]12c3ccccc3C[C@@]1(c1ccccc1)CCN2C(=O)OCc1ccccc1. The molecule has 1 aliphatic heterocycles. The van der Waals surface area contributed by atoms with Crippen LogP contribution in [0.4, 0.5) is 4.79 Å². The van der Waals surface area contributed by atoms with Gasteiger partial charge in [0.25, 0.3) is 0 Å². The molecular formula is C26H25NO2. The molecular weight excluding hydrogens is 358 g/mol. The van der Waals surface area contributed by atoms with Crippen molar-refractivity contribution in [1.29, 1.82) is 0 Å². The fourth-order valence-electron chi connectivity index (χ4n) is 5.52. The molecule has 146 valence electrons. The minimum atomic E-state index is -0.418. The van der Waals surface area contributed by atoms with E-state index in [4.69, 9.17) is 4.74 Å². The lowest BCUT2D eigenvalue weighted by atomic mass is 9.67. The fraction of sp³-hybridized carbons (Fsp3) is 0.269. The molecule has 2 atom stereocenters. The molecule has 1 fully saturated rings. The van der Waals surface area contributed by atoms with Crippen LogP contribution in [0, 0.1) is 0 Å². The van der Waals surface area contributed by atoms with Crippen LogP contribution in [0.1, 0.15) is 35.6 Å². The highest BCUT2D eigenvalue weighted by atomic mass is 16.6. The summed E-state index contributed by atoms with van der Waals surface area (Å²) in [6, 6.07) is 29.1. The van der Waals surface area contributed by atoms with Gasteiger partial charge in [-0.15, -0.1) is 0 Å². The molecule has 2 aliphatic rings. The van der Waals surface area contributed by atoms with E-state index in [1.165, 1.54) is 16.7 Å². The molecule has 29 heavy (non-hydrogen) atoms. The molecule has 0 unspecified atom stereocenters. The van der Waals surface area contributed by atoms with E-state index >= 15 is 0 Å². The van der Waals surface area contributed by atoms with Crippen LogP contribution in [0.25, 0.3) is 0 Å². The Labute approximate surface area is 171 Å². The van der Waals surface area contributed by atoms with Crippen molar-refractivity contribution in [2.24, 2.45) is 0 Å². The van der Waals surface area contributed by atoms with Gasteiger partial charge in [0.05, 0.1) is 5.54 Å². The van der Waals surface area contributed by atoms with Crippen molar-refractivity contribution in [2.45, 2.75) is 37.3 Å². The Hall–Kier alpha value is -3.07. The summed E-state index contributed by atoms with van der Waals surface area (Å²) < 4.78 is 5.77. The summed E-state index contributed by atoms with van der Waals surface area (Å²) in [7, 11) is 0. The average Bonchev–Trinajstić information content (AvgIpc) is 3.21. The van der Waals surface area contributed by atoms with Crippen molar-refractivity contribution < 1.29 is 9.53 Å². The van der Waals surface area contributed by atoms with Crippen molar-refractivity contribution in [3.8, 4) is 0 Å². The molecule has 3 heteroatoms. The quantitative estimate of drug-likeness (QED) is 0.603. The molecule has 0 N–H and O–H groups in total. The van der Waals surface area contributed by atoms with Gasteiger partial charge in [-0.2, -0.15) is 0 Å². The molecule has 0 bridgehead atoms. The minimum absolute atomic E-state index is 0.121. The number of fused-ring (bicyclic) bond motifs is 3. The monoisotopic (exact) mass is 383 g/mol. The number of ether oxygens (including phenoxy) is 1. The number of amides is 1. The molecule has 0 aromatic heterocycles. The molecule has 3 aromatic carbocycles. The molecule has 0 saturated carbocycles. The molecule has 3 aromatic rings. The Bertz CT molecular complexity index is 1030. The van der Waals surface area contributed by atoms with Gasteiger partial charge < -0.3 is 4.74 Å². The van der Waals surface area contributed by atoms with Gasteiger partial charge in [-0.1, -0.05) is 84.9 Å². The number of benzene rings is 3. The lowest BCUT2D eigenvalue weighted by Crippen LogP contribution is -2.51. The van der Waals surface area contributed by atoms with Crippen molar-refractivity contribution in [3.63, 3.8) is 0 Å². The van der Waals surface area contributed by atoms with Gasteiger partial charge in [0, 0.05) is 12.0 Å². The average molecular weight is 383 g/mol. The predicted molar refractivity (Wildman–Crippen MR) is 114 cm³/mol. The smallest absolute Gasteiger partial charge is 0.410 e. The van der Waals surface area contributed by atoms with E-state index in [2.05, 4.69) is 61.5 Å². The first-order valence-electron chi connectivity index (χ1n) is 10.3. The van der Waals surface area contributed by atoms with Crippen LogP contribution in [-0.2, 0) is 28.7 Å². The van der Waals surface area contributed by atoms with E-state index < -0.39 is 5.54 Å². The maximum absolute atomic E-state index is 13.3. The van der Waals surface area contributed by atoms with E-state index in [9.17, 15) is 4.79 Å². The zero-order valence-electron chi connectivity index (χ0n) is 16.7. The van der Waals surface area contributed by atoms with E-state index in [1.807, 2.05) is 35.2 Å². The summed E-state index contributed by atoms with van der Waals surface area (Å²) in [4.78, 5) is 15.2. The highest BCUT2D eigenvalue weighted by molar-refractivity contribution is 5.72. The Morgan fingerprint density at radius 2 is 1.59 bits per heavy atom. The first kappa shape index (κ1) is 18.0. The first-order chi connectivity index (χ1) is 14.1. The van der Waals surface area contributed by atoms with Crippen LogP contribution < -0.4 is 0 Å². The molecule has 1 saturated heterocycles. The largest absolute Gasteiger partial charge is 0.445 e. The fourth-order valence-corrected chi connectivity index (χ4v) is 5.52. The van der Waals surface area contributed by atoms with Crippen molar-refractivity contribution in [2.75, 3.05) is 6.54 Å². The lowest BCUT2D eigenvalue weighted by Gasteiger charge is -2.43. The summed E-state index contributed by atoms with van der Waals surface area (Å²) >= 11 is 0. The predicted octanol–water partition coefficient (Wildman–Crippen LogP) is 5.44. The van der Waals surface area contributed by atoms with E-state index in [-0.39, 0.29) is 11.5 Å². The van der Waals surface area contributed by atoms with E-state index in [0.29, 0.717) is 13.2 Å². The number of hydrogen-bond donors (Lipinski definition) is 0. The Morgan fingerprint density at radius 3 is 2.34 bits per heavy atom. The van der Waals surface area contributed by atoms with Crippen LogP contribution in [0.3, 0.4) is 0 Å². The van der Waals surface area contributed by atoms with Crippen molar-refractivity contribution in [1.82, 2.24) is 4.90 Å². The van der Waals surface area contributed by atoms with Gasteiger partial charge in [0.2, 0.25) is 0 Å². The third-order valence-corrected chi connectivity index (χ3v) is 7.02. The van der Waals surface area contributed by atoms with Crippen molar-refractivity contribution in [3.05, 3.63) is 107 Å². The topological polar surface area (TPSA) is 29.5 Å². The van der Waals surface area contributed by atoms with E-state index in [1.54, 1.807) is 0 Å². The van der Waals surface area contributed by atoms with Gasteiger partial charge in [-0.05, 0) is 42.0 Å². The Balaban J connectivity index is 1.52. The number of rotatable bonds is 3. The van der Waals surface area contributed by atoms with E-state index in [0.717, 1.165) is 18.4 Å². The molecule has 0 spiro atoms. The zero-order valence-corrected chi connectivity index (χ0v) is 16.7. The van der Waals surface area contributed by atoms with Crippen LogP contribution in [0.2, 0.25) is 0 Å². The highest BCUT2D eigenvalue weighted by Gasteiger charge is 2.63. The number of carbonyl (C=O) groups is 1. The molecule has 0 radical (unpaired) electrons. The summed E-state index contributed by atoms with van der Waals surface area (Å²) in [6.07, 6.45) is 1.65. The zero-order chi connectivity index (χ0) is 19.9. The molecule has 3 nitrogen and oxygen atoms in total. The first-order valence-corrected chi connectivity index (χ1v) is 10.3. The highest BCUT2D eigenvalue weighted by Crippen LogP contribution is 2.60. The van der Waals surface area contributed by atoms with Crippen LogP contribution >= 0.6 is 0 Å². The van der Waals surface area contributed by atoms with Gasteiger partial charge in [-0.25, -0.2) is 4.79 Å². The number of nitrogens with zero attached hydrogens (tertiary/aromatic N) is 1. The molecule has 1 aliphatic carbocycles. The van der Waals surface area contributed by atoms with Gasteiger partial charge in [0.1, 0.15) is 6.61 Å². The maximum Gasteiger partial charge on any atom is 0.410 e. The Morgan fingerprint density at radius 1 is 0.931 bits per heavy atom. The normalized spacial score (nSPS) is 24.8. The van der Waals surface area contributed by atoms with Crippen molar-refractivity contribution >= 4 is 6.09 Å². The van der Waals surface area contributed by atoms with Gasteiger partial charge in [-0.3, -0.25) is 4.90 Å². The molecule has 5 rings (SSSR count). The van der Waals surface area contributed by atoms with Gasteiger partial charge in [0.15, 0.2) is 0 Å². The second-order valence-electron chi connectivity index (χ2n) is 8.30. The number of likely N-dealkylation sites (tertiary alicyclic amines) is 1. The third kappa shape index (κ3) is 2.61.